The van der Waals surface area contributed by atoms with Gasteiger partial charge in [-0.3, -0.25) is 0 Å². The van der Waals surface area contributed by atoms with E-state index in [-0.39, 0.29) is 37.5 Å². The maximum Gasteiger partial charge on any atom is 0.162 e. The lowest BCUT2D eigenvalue weighted by Gasteiger charge is -2.48. The van der Waals surface area contributed by atoms with Gasteiger partial charge in [0, 0.05) is 16.0 Å². The van der Waals surface area contributed by atoms with Crippen molar-refractivity contribution in [2.24, 2.45) is 0 Å². The van der Waals surface area contributed by atoms with E-state index in [1.54, 1.807) is 0 Å². The second-order valence-corrected chi connectivity index (χ2v) is 31.8. The molecule has 0 saturated heterocycles. The monoisotopic (exact) mass is 806 g/mol. The van der Waals surface area contributed by atoms with Crippen molar-refractivity contribution in [1.29, 1.82) is 0 Å². The Morgan fingerprint density at radius 1 is 0.519 bits per heavy atom. The number of anilines is 1. The van der Waals surface area contributed by atoms with Gasteiger partial charge in [0.15, 0.2) is 8.24 Å². The zero-order valence-corrected chi connectivity index (χ0v) is 42.5. The zero-order valence-electron chi connectivity index (χ0n) is 38.9. The summed E-state index contributed by atoms with van der Waals surface area (Å²) in [4.78, 5) is 0. The summed E-state index contributed by atoms with van der Waals surface area (Å²) in [6.45, 7) is 55.7. The highest BCUT2D eigenvalue weighted by molar-refractivity contribution is 7.81. The minimum atomic E-state index is -2.24. The molecule has 3 aromatic rings. The fourth-order valence-electron chi connectivity index (χ4n) is 6.71. The van der Waals surface area contributed by atoms with Crippen molar-refractivity contribution < 1.29 is 0 Å². The van der Waals surface area contributed by atoms with Crippen LogP contribution in [0, 0.1) is 0 Å². The highest BCUT2D eigenvalue weighted by atomic mass is 35.5. The topological polar surface area (TPSA) is 3.24 Å². The Hall–Kier alpha value is -1.43. The third-order valence-corrected chi connectivity index (χ3v) is 20.3. The van der Waals surface area contributed by atoms with Gasteiger partial charge in [0.2, 0.25) is 0 Å². The van der Waals surface area contributed by atoms with Crippen LogP contribution in [0.5, 0.6) is 0 Å². The molecule has 0 aliphatic carbocycles. The van der Waals surface area contributed by atoms with Gasteiger partial charge in [0.25, 0.3) is 0 Å². The Morgan fingerprint density at radius 2 is 0.852 bits per heavy atom. The predicted molar refractivity (Wildman–Crippen MR) is 256 cm³/mol. The largest absolute Gasteiger partial charge is 0.365 e. The van der Waals surface area contributed by atoms with E-state index < -0.39 is 8.24 Å². The van der Waals surface area contributed by atoms with Crippen LogP contribution in [-0.4, -0.2) is 13.4 Å². The Morgan fingerprint density at radius 3 is 1.15 bits per heavy atom. The van der Waals surface area contributed by atoms with E-state index in [0.29, 0.717) is 8.58 Å². The van der Waals surface area contributed by atoms with Gasteiger partial charge in [-0.25, -0.2) is 0 Å². The van der Waals surface area contributed by atoms with E-state index in [4.69, 9.17) is 11.6 Å². The van der Waals surface area contributed by atoms with Gasteiger partial charge in [-0.05, 0) is 117 Å². The molecule has 0 N–H and O–H groups in total. The summed E-state index contributed by atoms with van der Waals surface area (Å²) in [6.07, 6.45) is 0. The molecule has 5 heteroatoms. The first-order valence-corrected chi connectivity index (χ1v) is 25.4. The van der Waals surface area contributed by atoms with Crippen LogP contribution in [0.4, 0.5) is 5.69 Å². The van der Waals surface area contributed by atoms with Crippen LogP contribution in [0.3, 0.4) is 0 Å². The first-order valence-electron chi connectivity index (χ1n) is 20.2. The molecule has 0 radical (unpaired) electrons. The molecule has 54 heavy (non-hydrogen) atoms. The van der Waals surface area contributed by atoms with Gasteiger partial charge in [-0.15, -0.1) is 0 Å². The highest BCUT2D eigenvalue weighted by Gasteiger charge is 2.44. The summed E-state index contributed by atoms with van der Waals surface area (Å²) in [7, 11) is -0.481. The van der Waals surface area contributed by atoms with E-state index in [1.165, 1.54) is 63.0 Å². The lowest BCUT2D eigenvalue weighted by molar-refractivity contribution is 0.553. The van der Waals surface area contributed by atoms with E-state index in [0.717, 1.165) is 5.02 Å². The zero-order chi connectivity index (χ0) is 42.0. The summed E-state index contributed by atoms with van der Waals surface area (Å²) in [6, 6.07) is 19.0. The second-order valence-electron chi connectivity index (χ2n) is 23.5. The fraction of sp³-hybridized carbons (Fsp3) is 0.612. The summed E-state index contributed by atoms with van der Waals surface area (Å²) < 4.78 is 2.86. The molecule has 3 rings (SSSR count). The van der Waals surface area contributed by atoms with Gasteiger partial charge < -0.3 is 4.57 Å². The number of rotatable bonds is 6. The number of hydrogen-bond donors (Lipinski definition) is 0. The highest BCUT2D eigenvalue weighted by Crippen LogP contribution is 2.47. The third kappa shape index (κ3) is 10.7. The lowest BCUT2D eigenvalue weighted by Crippen LogP contribution is -2.57. The Kier molecular flexibility index (Phi) is 13.4. The molecule has 0 amide bonds. The van der Waals surface area contributed by atoms with E-state index in [9.17, 15) is 0 Å². The van der Waals surface area contributed by atoms with E-state index in [1.807, 2.05) is 0 Å². The van der Waals surface area contributed by atoms with Crippen molar-refractivity contribution >= 4 is 58.1 Å². The van der Waals surface area contributed by atoms with Crippen LogP contribution in [0.15, 0.2) is 48.5 Å². The quantitative estimate of drug-likeness (QED) is 0.177. The van der Waals surface area contributed by atoms with Crippen LogP contribution in [0.1, 0.15) is 179 Å². The molecule has 3 aromatic carbocycles. The van der Waals surface area contributed by atoms with Crippen molar-refractivity contribution in [3.63, 3.8) is 0 Å². The molecule has 0 aliphatic rings. The molecule has 0 fully saturated rings. The normalized spacial score (nSPS) is 14.7. The smallest absolute Gasteiger partial charge is 0.162 e. The molecule has 0 saturated carbocycles. The van der Waals surface area contributed by atoms with Crippen LogP contribution in [-0.2, 0) is 32.5 Å². The Balaban J connectivity index is 2.78. The molecule has 0 aromatic heterocycles. The summed E-state index contributed by atoms with van der Waals surface area (Å²) >= 11 is 6.63. The molecule has 0 bridgehead atoms. The van der Waals surface area contributed by atoms with Crippen LogP contribution in [0.25, 0.3) is 0 Å². The molecule has 0 aliphatic heterocycles. The van der Waals surface area contributed by atoms with Gasteiger partial charge in [0.05, 0.1) is 5.16 Å². The number of hydrogen-bond acceptors (Lipinski definition) is 0. The number of halogens is 1. The predicted octanol–water partition coefficient (Wildman–Crippen LogP) is 15.3. The molecule has 300 valence electrons. The number of nitrogens with zero attached hydrogens (tertiary/aromatic N) is 1. The van der Waals surface area contributed by atoms with Crippen LogP contribution >= 0.6 is 28.4 Å². The van der Waals surface area contributed by atoms with Crippen molar-refractivity contribution in [3.8, 4) is 0 Å². The maximum absolute atomic E-state index is 6.63. The minimum Gasteiger partial charge on any atom is -0.365 e. The standard InChI is InChI=1S/C49H78ClNP2Si/c1-43(2,3)32-28-36(45(7,8)9)40(37(29-32)46(10,11)12)52-42(51(54(22,23)49(19,20)21)35-26-24-34(50)25-27-35)53-41-38(47(13,14)15)30-33(44(4,5)6)31-39(41)48(16,17)18/h24-31,52H,1-23H3. The molecule has 0 spiro atoms. The molecule has 1 unspecified atom stereocenters. The first-order chi connectivity index (χ1) is 23.9. The van der Waals surface area contributed by atoms with Gasteiger partial charge in [-0.1, -0.05) is 194 Å². The van der Waals surface area contributed by atoms with Crippen LogP contribution < -0.4 is 15.2 Å². The van der Waals surface area contributed by atoms with Crippen molar-refractivity contribution in [1.82, 2.24) is 0 Å². The molecule has 1 atom stereocenters. The van der Waals surface area contributed by atoms with E-state index in [2.05, 4.69) is 212 Å². The lowest BCUT2D eigenvalue weighted by atomic mass is 9.75. The van der Waals surface area contributed by atoms with Gasteiger partial charge in [-0.2, -0.15) is 0 Å². The molecular weight excluding hydrogens is 728 g/mol. The molecule has 1 nitrogen and oxygen atoms in total. The molecule has 0 heterocycles. The maximum atomic E-state index is 6.63. The van der Waals surface area contributed by atoms with Crippen molar-refractivity contribution in [2.75, 3.05) is 4.57 Å². The minimum absolute atomic E-state index is 0.0326. The summed E-state index contributed by atoms with van der Waals surface area (Å²) in [5.41, 5.74) is 9.92. The first kappa shape index (κ1) is 46.9. The van der Waals surface area contributed by atoms with Gasteiger partial charge >= 0.3 is 0 Å². The average molecular weight is 807 g/mol. The van der Waals surface area contributed by atoms with Crippen LogP contribution in [0.2, 0.25) is 23.2 Å². The molecular formula is C49H78ClNP2Si. The fourth-order valence-corrected chi connectivity index (χ4v) is 14.7. The average Bonchev–Trinajstić information content (AvgIpc) is 2.94. The van der Waals surface area contributed by atoms with Crippen molar-refractivity contribution in [2.45, 2.75) is 196 Å². The SMILES string of the molecule is CC(C)(C)c1cc(C(C)(C)C)c(P=C(Pc2c(C(C)(C)C)cc(C(C)(C)C)cc2C(C)(C)C)N(c2ccc(Cl)cc2)[Si](C)(C)C(C)(C)C)c(C(C)(C)C)c1. The Labute approximate surface area is 343 Å². The van der Waals surface area contributed by atoms with Gasteiger partial charge in [0.1, 0.15) is 0 Å². The number of benzene rings is 3. The van der Waals surface area contributed by atoms with Crippen molar-refractivity contribution in [3.05, 3.63) is 86.9 Å². The van der Waals surface area contributed by atoms with E-state index >= 15 is 0 Å². The summed E-state index contributed by atoms with van der Waals surface area (Å²) in [5, 5.41) is 5.35. The Bertz CT molecular complexity index is 1760. The second kappa shape index (κ2) is 15.4. The third-order valence-electron chi connectivity index (χ3n) is 11.4. The summed E-state index contributed by atoms with van der Waals surface area (Å²) in [5.74, 6) is 0.